The van der Waals surface area contributed by atoms with Crippen molar-refractivity contribution in [1.82, 2.24) is 14.9 Å². The standard InChI is InChI=1S/C15H15N3O3S2/c1-11-4-2-5-12(10-11)15-18-17-13(21-15)7-8-16-23(19,20)14-6-3-9-22-14/h2-6,9-10,16H,7-8H2,1H3. The number of hydrogen-bond donors (Lipinski definition) is 1. The lowest BCUT2D eigenvalue weighted by molar-refractivity contribution is 0.502. The van der Waals surface area contributed by atoms with Gasteiger partial charge in [0.25, 0.3) is 0 Å². The Morgan fingerprint density at radius 3 is 2.83 bits per heavy atom. The molecular formula is C15H15N3O3S2. The molecule has 6 nitrogen and oxygen atoms in total. The van der Waals surface area contributed by atoms with Gasteiger partial charge in [-0.15, -0.1) is 21.5 Å². The highest BCUT2D eigenvalue weighted by Crippen LogP contribution is 2.19. The van der Waals surface area contributed by atoms with Crippen molar-refractivity contribution in [2.75, 3.05) is 6.54 Å². The van der Waals surface area contributed by atoms with Crippen LogP contribution < -0.4 is 4.72 Å². The van der Waals surface area contributed by atoms with Crippen molar-refractivity contribution in [3.8, 4) is 11.5 Å². The molecule has 0 aliphatic heterocycles. The van der Waals surface area contributed by atoms with E-state index >= 15 is 0 Å². The van der Waals surface area contributed by atoms with Gasteiger partial charge in [0.1, 0.15) is 4.21 Å². The fourth-order valence-electron chi connectivity index (χ4n) is 2.03. The highest BCUT2D eigenvalue weighted by atomic mass is 32.2. The average molecular weight is 349 g/mol. The molecule has 8 heteroatoms. The van der Waals surface area contributed by atoms with Crippen LogP contribution in [0.5, 0.6) is 0 Å². The number of sulfonamides is 1. The van der Waals surface area contributed by atoms with Gasteiger partial charge in [-0.3, -0.25) is 0 Å². The van der Waals surface area contributed by atoms with Crippen LogP contribution in [0.4, 0.5) is 0 Å². The molecule has 3 aromatic rings. The molecule has 0 saturated carbocycles. The van der Waals surface area contributed by atoms with E-state index in [4.69, 9.17) is 4.42 Å². The lowest BCUT2D eigenvalue weighted by Gasteiger charge is -2.02. The molecule has 0 spiro atoms. The van der Waals surface area contributed by atoms with Crippen LogP contribution in [0.3, 0.4) is 0 Å². The van der Waals surface area contributed by atoms with Crippen molar-refractivity contribution < 1.29 is 12.8 Å². The summed E-state index contributed by atoms with van der Waals surface area (Å²) < 4.78 is 32.4. The first-order valence-electron chi connectivity index (χ1n) is 6.97. The maximum absolute atomic E-state index is 12.0. The topological polar surface area (TPSA) is 85.1 Å². The predicted octanol–water partition coefficient (Wildman–Crippen LogP) is 2.63. The Hall–Kier alpha value is -2.03. The van der Waals surface area contributed by atoms with Crippen LogP contribution in [0, 0.1) is 6.92 Å². The lowest BCUT2D eigenvalue weighted by atomic mass is 10.1. The van der Waals surface area contributed by atoms with Gasteiger partial charge >= 0.3 is 0 Å². The third-order valence-corrected chi connectivity index (χ3v) is 5.98. The summed E-state index contributed by atoms with van der Waals surface area (Å²) >= 11 is 1.18. The maximum Gasteiger partial charge on any atom is 0.250 e. The van der Waals surface area contributed by atoms with Gasteiger partial charge in [-0.05, 0) is 30.5 Å². The largest absolute Gasteiger partial charge is 0.421 e. The minimum Gasteiger partial charge on any atom is -0.421 e. The number of nitrogens with one attached hydrogen (secondary N) is 1. The maximum atomic E-state index is 12.0. The molecule has 0 radical (unpaired) electrons. The quantitative estimate of drug-likeness (QED) is 0.739. The Kier molecular flexibility index (Phi) is 4.56. The summed E-state index contributed by atoms with van der Waals surface area (Å²) in [5, 5.41) is 9.68. The van der Waals surface area contributed by atoms with Gasteiger partial charge in [0, 0.05) is 18.5 Å². The van der Waals surface area contributed by atoms with E-state index in [1.165, 1.54) is 11.3 Å². The van der Waals surface area contributed by atoms with Crippen molar-refractivity contribution in [3.63, 3.8) is 0 Å². The SMILES string of the molecule is Cc1cccc(-c2nnc(CCNS(=O)(=O)c3cccs3)o2)c1. The van der Waals surface area contributed by atoms with E-state index in [1.807, 2.05) is 31.2 Å². The van der Waals surface area contributed by atoms with Crippen molar-refractivity contribution in [2.45, 2.75) is 17.6 Å². The van der Waals surface area contributed by atoms with Crippen LogP contribution in [0.25, 0.3) is 11.5 Å². The molecule has 0 bridgehead atoms. The minimum atomic E-state index is -3.46. The van der Waals surface area contributed by atoms with E-state index in [1.54, 1.807) is 17.5 Å². The van der Waals surface area contributed by atoms with Gasteiger partial charge in [0.05, 0.1) is 0 Å². The molecule has 3 rings (SSSR count). The molecule has 0 unspecified atom stereocenters. The third-order valence-electron chi connectivity index (χ3n) is 3.12. The molecule has 0 atom stereocenters. The molecule has 0 aliphatic rings. The summed E-state index contributed by atoms with van der Waals surface area (Å²) in [5.41, 5.74) is 1.95. The van der Waals surface area contributed by atoms with Crippen LogP contribution in [0.2, 0.25) is 0 Å². The van der Waals surface area contributed by atoms with E-state index in [9.17, 15) is 8.42 Å². The van der Waals surface area contributed by atoms with E-state index in [0.29, 0.717) is 22.4 Å². The molecule has 0 amide bonds. The molecule has 0 saturated heterocycles. The van der Waals surface area contributed by atoms with Gasteiger partial charge in [0.15, 0.2) is 0 Å². The van der Waals surface area contributed by atoms with E-state index in [-0.39, 0.29) is 6.54 Å². The molecule has 2 heterocycles. The number of thiophene rings is 1. The fourth-order valence-corrected chi connectivity index (χ4v) is 4.10. The molecule has 0 fully saturated rings. The summed E-state index contributed by atoms with van der Waals surface area (Å²) in [4.78, 5) is 0. The summed E-state index contributed by atoms with van der Waals surface area (Å²) in [6.45, 7) is 2.19. The monoisotopic (exact) mass is 349 g/mol. The Morgan fingerprint density at radius 1 is 1.22 bits per heavy atom. The van der Waals surface area contributed by atoms with Crippen LogP contribution in [0.1, 0.15) is 11.5 Å². The van der Waals surface area contributed by atoms with Crippen molar-refractivity contribution >= 4 is 21.4 Å². The van der Waals surface area contributed by atoms with Crippen LogP contribution >= 0.6 is 11.3 Å². The normalized spacial score (nSPS) is 11.7. The summed E-state index contributed by atoms with van der Waals surface area (Å²) in [5.74, 6) is 0.834. The third kappa shape index (κ3) is 3.84. The first-order chi connectivity index (χ1) is 11.0. The molecule has 0 aliphatic carbocycles. The van der Waals surface area contributed by atoms with Gasteiger partial charge < -0.3 is 4.42 Å². The van der Waals surface area contributed by atoms with Gasteiger partial charge in [-0.1, -0.05) is 23.8 Å². The number of hydrogen-bond acceptors (Lipinski definition) is 6. The van der Waals surface area contributed by atoms with Crippen molar-refractivity contribution in [1.29, 1.82) is 0 Å². The molecule has 2 aromatic heterocycles. The molecular weight excluding hydrogens is 334 g/mol. The first-order valence-corrected chi connectivity index (χ1v) is 9.33. The lowest BCUT2D eigenvalue weighted by Crippen LogP contribution is -2.25. The number of rotatable bonds is 6. The van der Waals surface area contributed by atoms with Crippen molar-refractivity contribution in [3.05, 3.63) is 53.2 Å². The molecule has 120 valence electrons. The number of benzene rings is 1. The highest BCUT2D eigenvalue weighted by Gasteiger charge is 2.15. The van der Waals surface area contributed by atoms with Gasteiger partial charge in [-0.25, -0.2) is 13.1 Å². The van der Waals surface area contributed by atoms with E-state index in [2.05, 4.69) is 14.9 Å². The molecule has 1 aromatic carbocycles. The first kappa shape index (κ1) is 15.9. The zero-order valence-corrected chi connectivity index (χ0v) is 14.0. The second-order valence-electron chi connectivity index (χ2n) is 4.95. The average Bonchev–Trinajstić information content (AvgIpc) is 3.19. The summed E-state index contributed by atoms with van der Waals surface area (Å²) in [6, 6.07) is 11.0. The second kappa shape index (κ2) is 6.61. The number of aryl methyl sites for hydroxylation is 1. The van der Waals surface area contributed by atoms with E-state index in [0.717, 1.165) is 11.1 Å². The number of aromatic nitrogens is 2. The zero-order valence-electron chi connectivity index (χ0n) is 12.4. The summed E-state index contributed by atoms with van der Waals surface area (Å²) in [7, 11) is -3.46. The summed E-state index contributed by atoms with van der Waals surface area (Å²) in [6.07, 6.45) is 0.337. The van der Waals surface area contributed by atoms with Crippen LogP contribution in [-0.2, 0) is 16.4 Å². The molecule has 1 N–H and O–H groups in total. The highest BCUT2D eigenvalue weighted by molar-refractivity contribution is 7.91. The Bertz CT molecular complexity index is 886. The smallest absolute Gasteiger partial charge is 0.250 e. The molecule has 23 heavy (non-hydrogen) atoms. The number of nitrogens with zero attached hydrogens (tertiary/aromatic N) is 2. The zero-order chi connectivity index (χ0) is 16.3. The Balaban J connectivity index is 1.62. The minimum absolute atomic E-state index is 0.204. The van der Waals surface area contributed by atoms with E-state index < -0.39 is 10.0 Å². The Labute approximate surface area is 138 Å². The fraction of sp³-hybridized carbons (Fsp3) is 0.200. The van der Waals surface area contributed by atoms with Gasteiger partial charge in [0.2, 0.25) is 21.8 Å². The van der Waals surface area contributed by atoms with Crippen LogP contribution in [-0.4, -0.2) is 25.2 Å². The van der Waals surface area contributed by atoms with Crippen LogP contribution in [0.15, 0.2) is 50.4 Å². The predicted molar refractivity (Wildman–Crippen MR) is 87.7 cm³/mol. The van der Waals surface area contributed by atoms with Gasteiger partial charge in [-0.2, -0.15) is 0 Å². The second-order valence-corrected chi connectivity index (χ2v) is 7.89. The van der Waals surface area contributed by atoms with Crippen molar-refractivity contribution in [2.24, 2.45) is 0 Å². The Morgan fingerprint density at radius 2 is 2.09 bits per heavy atom.